The van der Waals surface area contributed by atoms with E-state index in [0.717, 1.165) is 0 Å². The predicted octanol–water partition coefficient (Wildman–Crippen LogP) is 1.85. The van der Waals surface area contributed by atoms with Crippen LogP contribution >= 0.6 is 11.6 Å². The molecule has 90 valence electrons. The second kappa shape index (κ2) is 6.24. The van der Waals surface area contributed by atoms with Gasteiger partial charge in [-0.2, -0.15) is 5.26 Å². The van der Waals surface area contributed by atoms with Crippen molar-refractivity contribution < 1.29 is 15.0 Å². The highest BCUT2D eigenvalue weighted by Crippen LogP contribution is 2.21. The fourth-order valence-corrected chi connectivity index (χ4v) is 1.67. The Morgan fingerprint density at radius 1 is 1.53 bits per heavy atom. The van der Waals surface area contributed by atoms with Gasteiger partial charge in [-0.25, -0.2) is 4.79 Å². The van der Waals surface area contributed by atoms with Gasteiger partial charge < -0.3 is 10.2 Å². The van der Waals surface area contributed by atoms with E-state index in [-0.39, 0.29) is 5.56 Å². The van der Waals surface area contributed by atoms with Crippen molar-refractivity contribution in [3.8, 4) is 6.07 Å². The minimum absolute atomic E-state index is 0.265. The van der Waals surface area contributed by atoms with Crippen molar-refractivity contribution in [2.24, 2.45) is 0 Å². The van der Waals surface area contributed by atoms with Crippen LogP contribution < -0.4 is 0 Å². The Hall–Kier alpha value is -1.57. The van der Waals surface area contributed by atoms with Gasteiger partial charge in [-0.05, 0) is 36.1 Å². The minimum Gasteiger partial charge on any atom is -0.479 e. The number of aliphatic carboxylic acids is 1. The highest BCUT2D eigenvalue weighted by atomic mass is 35.5. The smallest absolute Gasteiger partial charge is 0.337 e. The summed E-state index contributed by atoms with van der Waals surface area (Å²) in [4.78, 5) is 10.8. The summed E-state index contributed by atoms with van der Waals surface area (Å²) in [5.74, 6) is -0.866. The Labute approximate surface area is 104 Å². The standard InChI is InChI=1S/C12H12ClNO3/c13-5-1-2-9-4-3-8(7-14)6-10(9)11(15)12(16)17/h3-4,6,11,15H,1-2,5H2,(H,16,17). The highest BCUT2D eigenvalue weighted by molar-refractivity contribution is 6.17. The van der Waals surface area contributed by atoms with Gasteiger partial charge in [0.2, 0.25) is 0 Å². The number of aryl methyl sites for hydroxylation is 1. The first-order valence-electron chi connectivity index (χ1n) is 5.10. The van der Waals surface area contributed by atoms with E-state index in [1.807, 2.05) is 6.07 Å². The Morgan fingerprint density at radius 3 is 2.76 bits per heavy atom. The van der Waals surface area contributed by atoms with E-state index in [1.165, 1.54) is 6.07 Å². The molecule has 0 saturated heterocycles. The number of alkyl halides is 1. The lowest BCUT2D eigenvalue weighted by Crippen LogP contribution is -2.13. The monoisotopic (exact) mass is 253 g/mol. The Balaban J connectivity index is 3.12. The molecule has 0 amide bonds. The highest BCUT2D eigenvalue weighted by Gasteiger charge is 2.19. The average Bonchev–Trinajstić information content (AvgIpc) is 2.35. The lowest BCUT2D eigenvalue weighted by Gasteiger charge is -2.12. The number of carbonyl (C=O) groups is 1. The maximum atomic E-state index is 10.8. The van der Waals surface area contributed by atoms with Gasteiger partial charge in [-0.15, -0.1) is 11.6 Å². The Kier molecular flexibility index (Phi) is 4.95. The summed E-state index contributed by atoms with van der Waals surface area (Å²) < 4.78 is 0. The van der Waals surface area contributed by atoms with Gasteiger partial charge in [0.1, 0.15) is 0 Å². The van der Waals surface area contributed by atoms with Crippen molar-refractivity contribution in [1.82, 2.24) is 0 Å². The fraction of sp³-hybridized carbons (Fsp3) is 0.333. The molecule has 0 aliphatic heterocycles. The van der Waals surface area contributed by atoms with Crippen molar-refractivity contribution in [1.29, 1.82) is 5.26 Å². The van der Waals surface area contributed by atoms with Crippen LogP contribution in [0.1, 0.15) is 29.2 Å². The first kappa shape index (κ1) is 13.5. The third-order valence-corrected chi connectivity index (χ3v) is 2.65. The molecular formula is C12H12ClNO3. The summed E-state index contributed by atoms with van der Waals surface area (Å²) in [6, 6.07) is 6.58. The lowest BCUT2D eigenvalue weighted by atomic mass is 9.97. The van der Waals surface area contributed by atoms with Crippen LogP contribution in [0, 0.1) is 11.3 Å². The number of hydrogen-bond donors (Lipinski definition) is 2. The number of rotatable bonds is 5. The summed E-state index contributed by atoms with van der Waals surface area (Å²) in [5, 5.41) is 27.1. The van der Waals surface area contributed by atoms with E-state index in [1.54, 1.807) is 12.1 Å². The molecule has 0 radical (unpaired) electrons. The number of carboxylic acid groups (broad SMARTS) is 1. The molecular weight excluding hydrogens is 242 g/mol. The fourth-order valence-electron chi connectivity index (χ4n) is 1.54. The van der Waals surface area contributed by atoms with Crippen LogP contribution in [0.15, 0.2) is 18.2 Å². The third kappa shape index (κ3) is 3.45. The quantitative estimate of drug-likeness (QED) is 0.785. The Bertz CT molecular complexity index is 454. The average molecular weight is 254 g/mol. The van der Waals surface area contributed by atoms with E-state index >= 15 is 0 Å². The molecule has 4 nitrogen and oxygen atoms in total. The minimum atomic E-state index is -1.60. The first-order chi connectivity index (χ1) is 8.10. The number of hydrogen-bond acceptors (Lipinski definition) is 3. The zero-order chi connectivity index (χ0) is 12.8. The first-order valence-corrected chi connectivity index (χ1v) is 5.63. The maximum Gasteiger partial charge on any atom is 0.337 e. The van der Waals surface area contributed by atoms with Crippen LogP contribution in [0.4, 0.5) is 0 Å². The van der Waals surface area contributed by atoms with Crippen molar-refractivity contribution in [3.63, 3.8) is 0 Å². The molecule has 0 saturated carbocycles. The van der Waals surface area contributed by atoms with Crippen molar-refractivity contribution >= 4 is 17.6 Å². The van der Waals surface area contributed by atoms with Crippen LogP contribution in [0.2, 0.25) is 0 Å². The number of carboxylic acids is 1. The van der Waals surface area contributed by atoms with Crippen LogP contribution in [-0.4, -0.2) is 22.1 Å². The van der Waals surface area contributed by atoms with Gasteiger partial charge in [0.15, 0.2) is 6.10 Å². The molecule has 1 aromatic carbocycles. The normalized spacial score (nSPS) is 11.8. The second-order valence-corrected chi connectivity index (χ2v) is 3.94. The number of aliphatic hydroxyl groups excluding tert-OH is 1. The third-order valence-electron chi connectivity index (χ3n) is 2.38. The van der Waals surface area contributed by atoms with Crippen molar-refractivity contribution in [2.45, 2.75) is 18.9 Å². The molecule has 0 aromatic heterocycles. The van der Waals surface area contributed by atoms with E-state index in [9.17, 15) is 9.90 Å². The van der Waals surface area contributed by atoms with Gasteiger partial charge in [-0.3, -0.25) is 0 Å². The van der Waals surface area contributed by atoms with Crippen LogP contribution in [-0.2, 0) is 11.2 Å². The van der Waals surface area contributed by atoms with Crippen molar-refractivity contribution in [3.05, 3.63) is 34.9 Å². The predicted molar refractivity (Wildman–Crippen MR) is 62.8 cm³/mol. The van der Waals surface area contributed by atoms with E-state index in [0.29, 0.717) is 29.8 Å². The number of aliphatic hydroxyl groups is 1. The molecule has 0 bridgehead atoms. The number of nitriles is 1. The van der Waals surface area contributed by atoms with E-state index in [2.05, 4.69) is 0 Å². The molecule has 0 aliphatic carbocycles. The molecule has 0 fully saturated rings. The second-order valence-electron chi connectivity index (χ2n) is 3.56. The molecule has 17 heavy (non-hydrogen) atoms. The van der Waals surface area contributed by atoms with Crippen LogP contribution in [0.5, 0.6) is 0 Å². The molecule has 1 unspecified atom stereocenters. The largest absolute Gasteiger partial charge is 0.479 e. The number of benzene rings is 1. The summed E-state index contributed by atoms with van der Waals surface area (Å²) in [6.07, 6.45) is -0.338. The zero-order valence-corrected chi connectivity index (χ0v) is 9.81. The SMILES string of the molecule is N#Cc1ccc(CCCCl)c(C(O)C(=O)O)c1. The lowest BCUT2D eigenvalue weighted by molar-refractivity contribution is -0.147. The van der Waals surface area contributed by atoms with Crippen LogP contribution in [0.3, 0.4) is 0 Å². The molecule has 0 heterocycles. The van der Waals surface area contributed by atoms with Gasteiger partial charge in [0, 0.05) is 5.88 Å². The van der Waals surface area contributed by atoms with Gasteiger partial charge in [0.25, 0.3) is 0 Å². The molecule has 1 atom stereocenters. The molecule has 0 aliphatic rings. The van der Waals surface area contributed by atoms with Crippen LogP contribution in [0.25, 0.3) is 0 Å². The van der Waals surface area contributed by atoms with Gasteiger partial charge >= 0.3 is 5.97 Å². The van der Waals surface area contributed by atoms with Crippen molar-refractivity contribution in [2.75, 3.05) is 5.88 Å². The zero-order valence-electron chi connectivity index (χ0n) is 9.06. The summed E-state index contributed by atoms with van der Waals surface area (Å²) in [6.45, 7) is 0. The molecule has 5 heteroatoms. The summed E-state index contributed by atoms with van der Waals surface area (Å²) in [5.41, 5.74) is 1.30. The summed E-state index contributed by atoms with van der Waals surface area (Å²) >= 11 is 5.57. The van der Waals surface area contributed by atoms with Gasteiger partial charge in [0.05, 0.1) is 11.6 Å². The molecule has 1 rings (SSSR count). The summed E-state index contributed by atoms with van der Waals surface area (Å²) in [7, 11) is 0. The maximum absolute atomic E-state index is 10.8. The molecule has 1 aromatic rings. The Morgan fingerprint density at radius 2 is 2.24 bits per heavy atom. The van der Waals surface area contributed by atoms with E-state index in [4.69, 9.17) is 22.0 Å². The topological polar surface area (TPSA) is 81.3 Å². The number of halogens is 1. The number of nitrogens with zero attached hydrogens (tertiary/aromatic N) is 1. The van der Waals surface area contributed by atoms with Gasteiger partial charge in [-0.1, -0.05) is 6.07 Å². The van der Waals surface area contributed by atoms with E-state index < -0.39 is 12.1 Å². The molecule has 2 N–H and O–H groups in total. The molecule has 0 spiro atoms.